The normalized spacial score (nSPS) is 34.6. The van der Waals surface area contributed by atoms with Crippen LogP contribution < -0.4 is 5.73 Å². The third-order valence-corrected chi connectivity index (χ3v) is 5.87. The van der Waals surface area contributed by atoms with Crippen molar-refractivity contribution < 1.29 is 9.59 Å². The van der Waals surface area contributed by atoms with Crippen molar-refractivity contribution in [1.29, 1.82) is 0 Å². The highest BCUT2D eigenvalue weighted by molar-refractivity contribution is 5.89. The van der Waals surface area contributed by atoms with E-state index in [2.05, 4.69) is 6.92 Å². The lowest BCUT2D eigenvalue weighted by Crippen LogP contribution is -2.44. The average molecular weight is 344 g/mol. The van der Waals surface area contributed by atoms with E-state index in [4.69, 9.17) is 5.73 Å². The summed E-state index contributed by atoms with van der Waals surface area (Å²) < 4.78 is 0. The Kier molecular flexibility index (Phi) is 6.32. The standard InChI is InChI=1S/C17H29N3O2.ClH/c1-12-4-6-14(7-5-12)20-11-13(9-16(20)21)17(22)19-8-2-3-15(19)10-18;/h12-15H,2-11,18H2,1H3;1H. The molecule has 0 bridgehead atoms. The molecule has 1 saturated carbocycles. The Bertz CT molecular complexity index is 438. The first-order valence-electron chi connectivity index (χ1n) is 8.90. The van der Waals surface area contributed by atoms with E-state index in [1.807, 2.05) is 9.80 Å². The molecule has 0 aromatic rings. The Labute approximate surface area is 145 Å². The van der Waals surface area contributed by atoms with Crippen molar-refractivity contribution in [3.05, 3.63) is 0 Å². The molecule has 2 atom stereocenters. The predicted molar refractivity (Wildman–Crippen MR) is 92.3 cm³/mol. The Balaban J connectivity index is 0.00000192. The second-order valence-corrected chi connectivity index (χ2v) is 7.42. The summed E-state index contributed by atoms with van der Waals surface area (Å²) in [4.78, 5) is 29.0. The van der Waals surface area contributed by atoms with Gasteiger partial charge < -0.3 is 15.5 Å². The van der Waals surface area contributed by atoms with Crippen LogP contribution in [0, 0.1) is 11.8 Å². The number of hydrogen-bond acceptors (Lipinski definition) is 3. The van der Waals surface area contributed by atoms with Gasteiger partial charge in [-0.2, -0.15) is 0 Å². The minimum absolute atomic E-state index is 0. The maximum absolute atomic E-state index is 12.7. The second kappa shape index (κ2) is 7.84. The van der Waals surface area contributed by atoms with Crippen LogP contribution in [0.4, 0.5) is 0 Å². The van der Waals surface area contributed by atoms with Crippen molar-refractivity contribution in [3.63, 3.8) is 0 Å². The van der Waals surface area contributed by atoms with Crippen LogP contribution >= 0.6 is 12.4 Å². The Morgan fingerprint density at radius 3 is 2.57 bits per heavy atom. The molecule has 1 aliphatic carbocycles. The molecule has 2 amide bonds. The van der Waals surface area contributed by atoms with E-state index in [9.17, 15) is 9.59 Å². The molecule has 0 radical (unpaired) electrons. The van der Waals surface area contributed by atoms with Crippen LogP contribution in [0.2, 0.25) is 0 Å². The zero-order chi connectivity index (χ0) is 15.7. The number of halogens is 1. The zero-order valence-electron chi connectivity index (χ0n) is 14.1. The molecule has 2 N–H and O–H groups in total. The quantitative estimate of drug-likeness (QED) is 0.849. The van der Waals surface area contributed by atoms with Crippen LogP contribution in [0.25, 0.3) is 0 Å². The van der Waals surface area contributed by atoms with Crippen LogP contribution in [0.5, 0.6) is 0 Å². The summed E-state index contributed by atoms with van der Waals surface area (Å²) in [6, 6.07) is 0.553. The van der Waals surface area contributed by atoms with Crippen molar-refractivity contribution in [2.45, 2.75) is 64.0 Å². The van der Waals surface area contributed by atoms with Crippen LogP contribution in [0.15, 0.2) is 0 Å². The van der Waals surface area contributed by atoms with Gasteiger partial charge in [0.1, 0.15) is 0 Å². The fourth-order valence-corrected chi connectivity index (χ4v) is 4.41. The first-order valence-corrected chi connectivity index (χ1v) is 8.90. The number of carbonyl (C=O) groups is 2. The fourth-order valence-electron chi connectivity index (χ4n) is 4.41. The Morgan fingerprint density at radius 1 is 1.22 bits per heavy atom. The van der Waals surface area contributed by atoms with E-state index in [0.717, 1.165) is 38.1 Å². The summed E-state index contributed by atoms with van der Waals surface area (Å²) >= 11 is 0. The van der Waals surface area contributed by atoms with Crippen molar-refractivity contribution >= 4 is 24.2 Å². The van der Waals surface area contributed by atoms with Crippen LogP contribution in [0.3, 0.4) is 0 Å². The summed E-state index contributed by atoms with van der Waals surface area (Å²) in [5.41, 5.74) is 5.77. The molecule has 3 fully saturated rings. The Hall–Kier alpha value is -0.810. The van der Waals surface area contributed by atoms with Gasteiger partial charge in [-0.25, -0.2) is 0 Å². The molecule has 3 rings (SSSR count). The third kappa shape index (κ3) is 3.82. The molecular formula is C17H30ClN3O2. The molecular weight excluding hydrogens is 314 g/mol. The molecule has 6 heteroatoms. The second-order valence-electron chi connectivity index (χ2n) is 7.42. The van der Waals surface area contributed by atoms with Crippen LogP contribution in [0.1, 0.15) is 51.9 Å². The van der Waals surface area contributed by atoms with E-state index in [0.29, 0.717) is 25.6 Å². The van der Waals surface area contributed by atoms with Gasteiger partial charge in [0.05, 0.1) is 5.92 Å². The molecule has 132 valence electrons. The lowest BCUT2D eigenvalue weighted by atomic mass is 9.86. The largest absolute Gasteiger partial charge is 0.339 e. The van der Waals surface area contributed by atoms with Gasteiger partial charge in [0, 0.05) is 38.1 Å². The number of amides is 2. The SMILES string of the molecule is CC1CCC(N2CC(C(=O)N3CCCC3CN)CC2=O)CC1.Cl. The average Bonchev–Trinajstić information content (AvgIpc) is 3.14. The first-order chi connectivity index (χ1) is 10.6. The monoisotopic (exact) mass is 343 g/mol. The van der Waals surface area contributed by atoms with Gasteiger partial charge in [0.25, 0.3) is 0 Å². The molecule has 0 aromatic heterocycles. The van der Waals surface area contributed by atoms with Gasteiger partial charge in [-0.05, 0) is 44.4 Å². The van der Waals surface area contributed by atoms with Crippen molar-refractivity contribution in [3.8, 4) is 0 Å². The van der Waals surface area contributed by atoms with E-state index in [1.54, 1.807) is 0 Å². The molecule has 0 aromatic carbocycles. The summed E-state index contributed by atoms with van der Waals surface area (Å²) in [6.45, 7) is 4.27. The van der Waals surface area contributed by atoms with Crippen molar-refractivity contribution in [2.24, 2.45) is 17.6 Å². The maximum Gasteiger partial charge on any atom is 0.228 e. The third-order valence-electron chi connectivity index (χ3n) is 5.87. The lowest BCUT2D eigenvalue weighted by Gasteiger charge is -2.34. The number of carbonyl (C=O) groups excluding carboxylic acids is 2. The van der Waals surface area contributed by atoms with Gasteiger partial charge in [-0.15, -0.1) is 12.4 Å². The van der Waals surface area contributed by atoms with Crippen molar-refractivity contribution in [2.75, 3.05) is 19.6 Å². The van der Waals surface area contributed by atoms with Gasteiger partial charge in [0.15, 0.2) is 0 Å². The fraction of sp³-hybridized carbons (Fsp3) is 0.882. The van der Waals surface area contributed by atoms with Crippen LogP contribution in [-0.2, 0) is 9.59 Å². The van der Waals surface area contributed by atoms with Crippen LogP contribution in [-0.4, -0.2) is 53.3 Å². The number of rotatable bonds is 3. The van der Waals surface area contributed by atoms with E-state index >= 15 is 0 Å². The number of hydrogen-bond donors (Lipinski definition) is 1. The molecule has 3 aliphatic rings. The maximum atomic E-state index is 12.7. The summed E-state index contributed by atoms with van der Waals surface area (Å²) in [6.07, 6.45) is 7.05. The van der Waals surface area contributed by atoms with E-state index in [-0.39, 0.29) is 36.2 Å². The molecule has 2 saturated heterocycles. The molecule has 23 heavy (non-hydrogen) atoms. The van der Waals surface area contributed by atoms with Crippen molar-refractivity contribution in [1.82, 2.24) is 9.80 Å². The molecule has 5 nitrogen and oxygen atoms in total. The number of likely N-dealkylation sites (tertiary alicyclic amines) is 2. The lowest BCUT2D eigenvalue weighted by molar-refractivity contribution is -0.136. The van der Waals surface area contributed by atoms with Gasteiger partial charge in [-0.1, -0.05) is 6.92 Å². The summed E-state index contributed by atoms with van der Waals surface area (Å²) in [5.74, 6) is 0.981. The minimum atomic E-state index is -0.140. The highest BCUT2D eigenvalue weighted by atomic mass is 35.5. The van der Waals surface area contributed by atoms with Gasteiger partial charge >= 0.3 is 0 Å². The van der Waals surface area contributed by atoms with Gasteiger partial charge in [-0.3, -0.25) is 9.59 Å². The number of nitrogens with two attached hydrogens (primary N) is 1. The smallest absolute Gasteiger partial charge is 0.228 e. The summed E-state index contributed by atoms with van der Waals surface area (Å²) in [5, 5.41) is 0. The number of nitrogens with zero attached hydrogens (tertiary/aromatic N) is 2. The van der Waals surface area contributed by atoms with E-state index in [1.165, 1.54) is 12.8 Å². The highest BCUT2D eigenvalue weighted by Crippen LogP contribution is 2.32. The molecule has 2 heterocycles. The Morgan fingerprint density at radius 2 is 1.91 bits per heavy atom. The zero-order valence-corrected chi connectivity index (χ0v) is 14.9. The summed E-state index contributed by atoms with van der Waals surface area (Å²) in [7, 11) is 0. The first kappa shape index (κ1) is 18.5. The topological polar surface area (TPSA) is 66.6 Å². The molecule has 2 aliphatic heterocycles. The predicted octanol–water partition coefficient (Wildman–Crippen LogP) is 1.79. The molecule has 2 unspecified atom stereocenters. The minimum Gasteiger partial charge on any atom is -0.339 e. The molecule has 0 spiro atoms. The van der Waals surface area contributed by atoms with Gasteiger partial charge in [0.2, 0.25) is 11.8 Å². The van der Waals surface area contributed by atoms with E-state index < -0.39 is 0 Å². The highest BCUT2D eigenvalue weighted by Gasteiger charge is 2.41.